The van der Waals surface area contributed by atoms with E-state index < -0.39 is 0 Å². The van der Waals surface area contributed by atoms with E-state index >= 15 is 0 Å². The van der Waals surface area contributed by atoms with Crippen LogP contribution in [-0.2, 0) is 4.79 Å². The van der Waals surface area contributed by atoms with Crippen molar-refractivity contribution in [1.29, 1.82) is 0 Å². The van der Waals surface area contributed by atoms with E-state index in [9.17, 15) is 4.79 Å². The minimum absolute atomic E-state index is 0.0418. The minimum Gasteiger partial charge on any atom is -0.332 e. The Morgan fingerprint density at radius 2 is 1.92 bits per heavy atom. The van der Waals surface area contributed by atoms with Crippen molar-refractivity contribution in [2.24, 2.45) is 5.92 Å². The molecule has 1 rings (SSSR count). The van der Waals surface area contributed by atoms with Gasteiger partial charge in [-0.05, 0) is 18.8 Å². The minimum atomic E-state index is 0.0418. The summed E-state index contributed by atoms with van der Waals surface area (Å²) in [5.74, 6) is 2.75. The molecule has 2 nitrogen and oxygen atoms in total. The van der Waals surface area contributed by atoms with Gasteiger partial charge in [0.2, 0.25) is 5.78 Å². The lowest BCUT2D eigenvalue weighted by molar-refractivity contribution is -0.116. The van der Waals surface area contributed by atoms with Gasteiger partial charge < -0.3 is 4.90 Å². The molecule has 1 heterocycles. The lowest BCUT2D eigenvalue weighted by Gasteiger charge is -2.05. The van der Waals surface area contributed by atoms with Crippen molar-refractivity contribution < 1.29 is 4.79 Å². The summed E-state index contributed by atoms with van der Waals surface area (Å²) in [6, 6.07) is 2.90. The van der Waals surface area contributed by atoms with Crippen LogP contribution in [0, 0.1) is 17.9 Å². The van der Waals surface area contributed by atoms with E-state index in [4.69, 9.17) is 0 Å². The summed E-state index contributed by atoms with van der Waals surface area (Å²) < 4.78 is 0. The van der Waals surface area contributed by atoms with Crippen molar-refractivity contribution in [2.75, 3.05) is 13.1 Å². The number of Topliss-reactive ketones (excluding diaryl/α,β-unsaturated/α-hetero) is 1. The summed E-state index contributed by atoms with van der Waals surface area (Å²) in [7, 11) is 0. The second-order valence-electron chi connectivity index (χ2n) is 3.45. The molecule has 0 aliphatic carbocycles. The summed E-state index contributed by atoms with van der Waals surface area (Å²) in [5.41, 5.74) is 0. The molecule has 0 spiro atoms. The average Bonchev–Trinajstić information content (AvgIpc) is 2.51. The van der Waals surface area contributed by atoms with Gasteiger partial charge in [-0.1, -0.05) is 13.8 Å². The lowest BCUT2D eigenvalue weighted by atomic mass is 10.1. The van der Waals surface area contributed by atoms with Gasteiger partial charge in [0, 0.05) is 25.1 Å². The number of carbonyl (C=O) groups is 1. The highest BCUT2D eigenvalue weighted by Crippen LogP contribution is 2.04. The highest BCUT2D eigenvalue weighted by molar-refractivity contribution is 5.96. The van der Waals surface area contributed by atoms with Crippen molar-refractivity contribution in [3.63, 3.8) is 0 Å². The highest BCUT2D eigenvalue weighted by Gasteiger charge is 2.07. The number of carbonyl (C=O) groups excluding carboxylic acids is 1. The topological polar surface area (TPSA) is 20.3 Å². The molecule has 0 atom stereocenters. The van der Waals surface area contributed by atoms with Gasteiger partial charge in [-0.15, -0.1) is 0 Å². The Morgan fingerprint density at radius 1 is 1.33 bits per heavy atom. The van der Waals surface area contributed by atoms with E-state index in [0.717, 1.165) is 13.1 Å². The van der Waals surface area contributed by atoms with Crippen molar-refractivity contribution in [3.8, 4) is 12.0 Å². The van der Waals surface area contributed by atoms with E-state index in [1.54, 1.807) is 0 Å². The van der Waals surface area contributed by atoms with Crippen LogP contribution < -0.4 is 0 Å². The second kappa shape index (κ2) is 4.15. The monoisotopic (exact) mass is 165 g/mol. The molecule has 0 amide bonds. The molecule has 0 aromatic carbocycles. The molecule has 1 fully saturated rings. The lowest BCUT2D eigenvalue weighted by Crippen LogP contribution is -2.13. The maximum Gasteiger partial charge on any atom is 0.209 e. The zero-order valence-corrected chi connectivity index (χ0v) is 7.76. The van der Waals surface area contributed by atoms with Crippen LogP contribution in [0.1, 0.15) is 26.7 Å². The molecule has 0 radical (unpaired) electrons. The second-order valence-corrected chi connectivity index (χ2v) is 3.45. The molecule has 0 saturated carbocycles. The maximum atomic E-state index is 11.1. The maximum absolute atomic E-state index is 11.1. The van der Waals surface area contributed by atoms with Crippen LogP contribution in [0.15, 0.2) is 0 Å². The summed E-state index contributed by atoms with van der Waals surface area (Å²) in [5, 5.41) is 0. The van der Waals surface area contributed by atoms with Gasteiger partial charge in [-0.2, -0.15) is 0 Å². The molecular weight excluding hydrogens is 150 g/mol. The molecule has 0 N–H and O–H groups in total. The standard InChI is InChI=1S/C10H15NO/c1-9(2)10(12)5-8-11-6-3-4-7-11/h9H,3-4,6-7H2,1-2H3. The Labute approximate surface area is 73.9 Å². The number of rotatable bonds is 1. The predicted octanol–water partition coefficient (Wildman–Crippen LogP) is 1.27. The first-order chi connectivity index (χ1) is 5.70. The zero-order valence-electron chi connectivity index (χ0n) is 7.76. The van der Waals surface area contributed by atoms with E-state index in [-0.39, 0.29) is 11.7 Å². The molecule has 0 bridgehead atoms. The Morgan fingerprint density at radius 3 is 2.42 bits per heavy atom. The van der Waals surface area contributed by atoms with Gasteiger partial charge in [-0.25, -0.2) is 0 Å². The molecule has 12 heavy (non-hydrogen) atoms. The fraction of sp³-hybridized carbons (Fsp3) is 0.700. The highest BCUT2D eigenvalue weighted by atomic mass is 16.1. The van der Waals surface area contributed by atoms with Gasteiger partial charge >= 0.3 is 0 Å². The molecule has 1 aliphatic rings. The third-order valence-electron chi connectivity index (χ3n) is 1.97. The van der Waals surface area contributed by atoms with Gasteiger partial charge in [-0.3, -0.25) is 4.79 Å². The fourth-order valence-electron chi connectivity index (χ4n) is 1.11. The molecule has 66 valence electrons. The first kappa shape index (κ1) is 9.12. The fourth-order valence-corrected chi connectivity index (χ4v) is 1.11. The number of ketones is 1. The Bertz CT molecular complexity index is 216. The van der Waals surface area contributed by atoms with Crippen LogP contribution in [0.3, 0.4) is 0 Å². The number of nitrogens with zero attached hydrogens (tertiary/aromatic N) is 1. The largest absolute Gasteiger partial charge is 0.332 e. The first-order valence-corrected chi connectivity index (χ1v) is 4.50. The van der Waals surface area contributed by atoms with Crippen LogP contribution in [-0.4, -0.2) is 23.8 Å². The average molecular weight is 165 g/mol. The summed E-state index contributed by atoms with van der Waals surface area (Å²) in [6.07, 6.45) is 2.43. The van der Waals surface area contributed by atoms with Crippen LogP contribution in [0.4, 0.5) is 0 Å². The Hall–Kier alpha value is -0.970. The summed E-state index contributed by atoms with van der Waals surface area (Å²) in [6.45, 7) is 5.80. The summed E-state index contributed by atoms with van der Waals surface area (Å²) >= 11 is 0. The smallest absolute Gasteiger partial charge is 0.209 e. The third-order valence-corrected chi connectivity index (χ3v) is 1.97. The van der Waals surface area contributed by atoms with E-state index in [0.29, 0.717) is 0 Å². The van der Waals surface area contributed by atoms with Gasteiger partial charge in [0.15, 0.2) is 0 Å². The van der Waals surface area contributed by atoms with Gasteiger partial charge in [0.1, 0.15) is 0 Å². The Balaban J connectivity index is 2.41. The van der Waals surface area contributed by atoms with Crippen LogP contribution in [0.25, 0.3) is 0 Å². The normalized spacial score (nSPS) is 16.1. The molecule has 0 aromatic rings. The molecule has 2 heteroatoms. The number of likely N-dealkylation sites (tertiary alicyclic amines) is 1. The van der Waals surface area contributed by atoms with Crippen LogP contribution in [0.2, 0.25) is 0 Å². The van der Waals surface area contributed by atoms with Crippen molar-refractivity contribution in [2.45, 2.75) is 26.7 Å². The van der Waals surface area contributed by atoms with E-state index in [1.165, 1.54) is 12.8 Å². The predicted molar refractivity (Wildman–Crippen MR) is 48.4 cm³/mol. The summed E-state index contributed by atoms with van der Waals surface area (Å²) in [4.78, 5) is 13.1. The SMILES string of the molecule is CC(C)C(=O)C#CN1CCCC1. The molecule has 1 aliphatic heterocycles. The van der Waals surface area contributed by atoms with Crippen molar-refractivity contribution >= 4 is 5.78 Å². The number of hydrogen-bond acceptors (Lipinski definition) is 2. The van der Waals surface area contributed by atoms with Crippen LogP contribution in [0.5, 0.6) is 0 Å². The van der Waals surface area contributed by atoms with Gasteiger partial charge in [0.25, 0.3) is 0 Å². The molecule has 0 unspecified atom stereocenters. The van der Waals surface area contributed by atoms with E-state index in [2.05, 4.69) is 12.0 Å². The van der Waals surface area contributed by atoms with Crippen LogP contribution >= 0.6 is 0 Å². The zero-order chi connectivity index (χ0) is 8.97. The van der Waals surface area contributed by atoms with Gasteiger partial charge in [0.05, 0.1) is 0 Å². The van der Waals surface area contributed by atoms with E-state index in [1.807, 2.05) is 18.7 Å². The number of hydrogen-bond donors (Lipinski definition) is 0. The third kappa shape index (κ3) is 2.58. The van der Waals surface area contributed by atoms with Crippen molar-refractivity contribution in [3.05, 3.63) is 0 Å². The molecule has 0 aromatic heterocycles. The molecule has 1 saturated heterocycles. The quantitative estimate of drug-likeness (QED) is 0.545. The first-order valence-electron chi connectivity index (χ1n) is 4.50. The molecular formula is C10H15NO. The Kier molecular flexibility index (Phi) is 3.16. The van der Waals surface area contributed by atoms with Crippen molar-refractivity contribution in [1.82, 2.24) is 4.90 Å².